The Morgan fingerprint density at radius 3 is 2.64 bits per heavy atom. The molecule has 0 bridgehead atoms. The van der Waals surface area contributed by atoms with E-state index in [0.29, 0.717) is 40.9 Å². The maximum atomic E-state index is 12.6. The van der Waals surface area contributed by atoms with Crippen LogP contribution in [0.25, 0.3) is 11.3 Å². The summed E-state index contributed by atoms with van der Waals surface area (Å²) >= 11 is 1.27. The summed E-state index contributed by atoms with van der Waals surface area (Å²) in [5, 5.41) is 7.71. The molecule has 2 aliphatic heterocycles. The van der Waals surface area contributed by atoms with Crippen molar-refractivity contribution in [3.63, 3.8) is 0 Å². The number of carbonyl (C=O) groups excluding carboxylic acids is 2. The molecule has 9 nitrogen and oxygen atoms in total. The number of aromatic nitrogens is 1. The predicted molar refractivity (Wildman–Crippen MR) is 124 cm³/mol. The lowest BCUT2D eigenvalue weighted by Gasteiger charge is -2.18. The van der Waals surface area contributed by atoms with Crippen molar-refractivity contribution in [3.05, 3.63) is 53.4 Å². The highest BCUT2D eigenvalue weighted by atomic mass is 32.2. The molecule has 0 spiro atoms. The van der Waals surface area contributed by atoms with Crippen molar-refractivity contribution >= 4 is 44.0 Å². The summed E-state index contributed by atoms with van der Waals surface area (Å²) in [7, 11) is -3.52. The number of hydrogen-bond donors (Lipinski definition) is 2. The first-order valence-electron chi connectivity index (χ1n) is 10.3. The molecular weight excluding hydrogens is 464 g/mol. The molecule has 2 aromatic carbocycles. The molecule has 2 amide bonds. The van der Waals surface area contributed by atoms with Crippen LogP contribution in [0.3, 0.4) is 0 Å². The smallest absolute Gasteiger partial charge is 0.262 e. The van der Waals surface area contributed by atoms with E-state index in [1.165, 1.54) is 39.9 Å². The summed E-state index contributed by atoms with van der Waals surface area (Å²) in [6.07, 6.45) is 1.73. The van der Waals surface area contributed by atoms with E-state index in [2.05, 4.69) is 15.6 Å². The highest BCUT2D eigenvalue weighted by Gasteiger charge is 2.27. The third kappa shape index (κ3) is 4.34. The van der Waals surface area contributed by atoms with E-state index in [9.17, 15) is 18.0 Å². The highest BCUT2D eigenvalue weighted by molar-refractivity contribution is 7.89. The van der Waals surface area contributed by atoms with Crippen molar-refractivity contribution in [1.82, 2.24) is 9.29 Å². The minimum Gasteiger partial charge on any atom is -0.482 e. The minimum absolute atomic E-state index is 0.00953. The van der Waals surface area contributed by atoms with Crippen LogP contribution in [0.2, 0.25) is 0 Å². The third-order valence-electron chi connectivity index (χ3n) is 5.45. The largest absolute Gasteiger partial charge is 0.482 e. The summed E-state index contributed by atoms with van der Waals surface area (Å²) in [4.78, 5) is 28.8. The second-order valence-electron chi connectivity index (χ2n) is 7.68. The number of rotatable bonds is 5. The van der Waals surface area contributed by atoms with Crippen molar-refractivity contribution in [3.8, 4) is 17.0 Å². The number of sulfonamides is 1. The summed E-state index contributed by atoms with van der Waals surface area (Å²) in [6, 6.07) is 11.3. The molecule has 2 aliphatic rings. The lowest BCUT2D eigenvalue weighted by Crippen LogP contribution is -2.27. The number of thiazole rings is 1. The zero-order chi connectivity index (χ0) is 23.0. The van der Waals surface area contributed by atoms with Gasteiger partial charge in [-0.2, -0.15) is 4.31 Å². The Kier molecular flexibility index (Phi) is 5.60. The van der Waals surface area contributed by atoms with E-state index in [1.54, 1.807) is 17.5 Å². The molecule has 170 valence electrons. The molecule has 1 aromatic heterocycles. The number of benzene rings is 2. The van der Waals surface area contributed by atoms with Crippen LogP contribution in [0.5, 0.6) is 5.75 Å². The molecule has 0 aliphatic carbocycles. The quantitative estimate of drug-likeness (QED) is 0.574. The molecule has 1 saturated heterocycles. The Hall–Kier alpha value is -3.28. The zero-order valence-electron chi connectivity index (χ0n) is 17.4. The van der Waals surface area contributed by atoms with Crippen molar-refractivity contribution in [2.45, 2.75) is 17.7 Å². The number of nitrogens with zero attached hydrogens (tertiary/aromatic N) is 2. The van der Waals surface area contributed by atoms with Gasteiger partial charge in [0.15, 0.2) is 11.7 Å². The van der Waals surface area contributed by atoms with Crippen LogP contribution in [0.15, 0.2) is 52.7 Å². The number of nitrogens with one attached hydrogen (secondary N) is 2. The number of amides is 2. The standard InChI is InChI=1S/C22H20N4O5S2/c27-20-12-31-19-8-5-15(11-17(19)23-20)18-13-32-22(24-18)25-21(28)14-3-6-16(7-4-14)33(29,30)26-9-1-2-10-26/h3-8,11,13H,1-2,9-10,12H2,(H,23,27)(H,24,25,28). The van der Waals surface area contributed by atoms with Gasteiger partial charge in [-0.15, -0.1) is 11.3 Å². The van der Waals surface area contributed by atoms with Gasteiger partial charge in [0.05, 0.1) is 16.3 Å². The molecule has 33 heavy (non-hydrogen) atoms. The topological polar surface area (TPSA) is 118 Å². The molecule has 5 rings (SSSR count). The average Bonchev–Trinajstić information content (AvgIpc) is 3.52. The number of hydrogen-bond acceptors (Lipinski definition) is 7. The number of anilines is 2. The highest BCUT2D eigenvalue weighted by Crippen LogP contribution is 2.34. The van der Waals surface area contributed by atoms with Crippen molar-refractivity contribution in [2.24, 2.45) is 0 Å². The Balaban J connectivity index is 1.28. The SMILES string of the molecule is O=C1COc2ccc(-c3csc(NC(=O)c4ccc(S(=O)(=O)N5CCCC5)cc4)n3)cc2N1. The second kappa shape index (κ2) is 8.58. The molecule has 2 N–H and O–H groups in total. The van der Waals surface area contributed by atoms with E-state index in [1.807, 2.05) is 6.07 Å². The van der Waals surface area contributed by atoms with Gasteiger partial charge < -0.3 is 10.1 Å². The van der Waals surface area contributed by atoms with Gasteiger partial charge in [-0.05, 0) is 55.3 Å². The summed E-state index contributed by atoms with van der Waals surface area (Å²) in [5.74, 6) is -0.00504. The van der Waals surface area contributed by atoms with Crippen LogP contribution < -0.4 is 15.4 Å². The summed E-state index contributed by atoms with van der Waals surface area (Å²) in [5.41, 5.74) is 2.32. The van der Waals surface area contributed by atoms with Crippen molar-refractivity contribution < 1.29 is 22.7 Å². The van der Waals surface area contributed by atoms with E-state index >= 15 is 0 Å². The first-order valence-corrected chi connectivity index (χ1v) is 12.7. The van der Waals surface area contributed by atoms with Gasteiger partial charge in [0.2, 0.25) is 10.0 Å². The molecule has 3 heterocycles. The Bertz CT molecular complexity index is 1330. The van der Waals surface area contributed by atoms with Crippen LogP contribution in [0.1, 0.15) is 23.2 Å². The van der Waals surface area contributed by atoms with E-state index in [0.717, 1.165) is 18.4 Å². The van der Waals surface area contributed by atoms with Crippen molar-refractivity contribution in [1.29, 1.82) is 0 Å². The van der Waals surface area contributed by atoms with Gasteiger partial charge in [0.25, 0.3) is 11.8 Å². The first-order chi connectivity index (χ1) is 15.9. The molecular formula is C22H20N4O5S2. The number of ether oxygens (including phenoxy) is 1. The third-order valence-corrected chi connectivity index (χ3v) is 8.12. The molecule has 0 radical (unpaired) electrons. The van der Waals surface area contributed by atoms with Gasteiger partial charge in [-0.1, -0.05) is 0 Å². The first kappa shape index (κ1) is 21.6. The van der Waals surface area contributed by atoms with E-state index in [-0.39, 0.29) is 23.3 Å². The summed E-state index contributed by atoms with van der Waals surface area (Å²) in [6.45, 7) is 1.05. The average molecular weight is 485 g/mol. The van der Waals surface area contributed by atoms with Crippen LogP contribution in [-0.2, 0) is 14.8 Å². The van der Waals surface area contributed by atoms with Crippen LogP contribution >= 0.6 is 11.3 Å². The maximum absolute atomic E-state index is 12.6. The fourth-order valence-corrected chi connectivity index (χ4v) is 5.96. The molecule has 3 aromatic rings. The lowest BCUT2D eigenvalue weighted by atomic mass is 10.1. The Morgan fingerprint density at radius 1 is 1.12 bits per heavy atom. The molecule has 0 saturated carbocycles. The molecule has 1 fully saturated rings. The van der Waals surface area contributed by atoms with Gasteiger partial charge in [-0.3, -0.25) is 14.9 Å². The van der Waals surface area contributed by atoms with Gasteiger partial charge in [0, 0.05) is 29.6 Å². The lowest BCUT2D eigenvalue weighted by molar-refractivity contribution is -0.118. The van der Waals surface area contributed by atoms with Crippen molar-refractivity contribution in [2.75, 3.05) is 30.3 Å². The summed E-state index contributed by atoms with van der Waals surface area (Å²) < 4.78 is 32.1. The molecule has 0 atom stereocenters. The normalized spacial score (nSPS) is 16.1. The van der Waals surface area contributed by atoms with Gasteiger partial charge in [-0.25, -0.2) is 13.4 Å². The maximum Gasteiger partial charge on any atom is 0.262 e. The Labute approximate surface area is 194 Å². The van der Waals surface area contributed by atoms with E-state index in [4.69, 9.17) is 4.74 Å². The van der Waals surface area contributed by atoms with Crippen LogP contribution in [0.4, 0.5) is 10.8 Å². The molecule has 0 unspecified atom stereocenters. The number of carbonyl (C=O) groups is 2. The van der Waals surface area contributed by atoms with Crippen LogP contribution in [-0.4, -0.2) is 49.2 Å². The second-order valence-corrected chi connectivity index (χ2v) is 10.5. The minimum atomic E-state index is -3.52. The van der Waals surface area contributed by atoms with Crippen LogP contribution in [0, 0.1) is 0 Å². The molecule has 11 heteroatoms. The predicted octanol–water partition coefficient (Wildman–Crippen LogP) is 3.18. The monoisotopic (exact) mass is 484 g/mol. The van der Waals surface area contributed by atoms with Gasteiger partial charge in [0.1, 0.15) is 5.75 Å². The van der Waals surface area contributed by atoms with Gasteiger partial charge >= 0.3 is 0 Å². The van der Waals surface area contributed by atoms with E-state index < -0.39 is 10.0 Å². The Morgan fingerprint density at radius 2 is 1.88 bits per heavy atom. The zero-order valence-corrected chi connectivity index (χ0v) is 19.0. The number of fused-ring (bicyclic) bond motifs is 1. The fraction of sp³-hybridized carbons (Fsp3) is 0.227. The fourth-order valence-electron chi connectivity index (χ4n) is 3.73.